The van der Waals surface area contributed by atoms with E-state index in [1.165, 1.54) is 0 Å². The lowest BCUT2D eigenvalue weighted by molar-refractivity contribution is -0.122. The van der Waals surface area contributed by atoms with Gasteiger partial charge in [-0.15, -0.1) is 0 Å². The van der Waals surface area contributed by atoms with Gasteiger partial charge < -0.3 is 9.84 Å². The molecule has 0 fully saturated rings. The van der Waals surface area contributed by atoms with Gasteiger partial charge >= 0.3 is 0 Å². The molecule has 0 unspecified atom stereocenters. The van der Waals surface area contributed by atoms with Crippen LogP contribution in [0, 0.1) is 0 Å². The van der Waals surface area contributed by atoms with Crippen molar-refractivity contribution in [3.63, 3.8) is 0 Å². The molecular formula is C19H32O3Si. The number of Topliss-reactive ketones (excluding diaryl/α,β-unsaturated/α-hetero) is 1. The largest absolute Gasteiger partial charge is 0.393 e. The first-order valence-electron chi connectivity index (χ1n) is 8.27. The minimum absolute atomic E-state index is 0.0555. The van der Waals surface area contributed by atoms with Gasteiger partial charge in [0.05, 0.1) is 12.7 Å². The summed E-state index contributed by atoms with van der Waals surface area (Å²) < 4.78 is 6.06. The van der Waals surface area contributed by atoms with Crippen LogP contribution in [0.1, 0.15) is 47.1 Å². The molecular weight excluding hydrogens is 304 g/mol. The molecule has 0 spiro atoms. The van der Waals surface area contributed by atoms with E-state index in [1.54, 1.807) is 13.8 Å². The number of aliphatic hydroxyl groups is 1. The maximum Gasteiger partial charge on any atom is 0.135 e. The third kappa shape index (κ3) is 3.93. The monoisotopic (exact) mass is 336 g/mol. The standard InChI is InChI=1S/C19H32O3Si/c1-15(20)19(6,16(2)21)23(7,18(3,4)5)14-22-13-17-11-9-8-10-12-17/h8-12,15,20H,13-14H2,1-7H3/t15-,19-,23-/m1/s1. The Balaban J connectivity index is 3.06. The lowest BCUT2D eigenvalue weighted by atomic mass is 10.0. The van der Waals surface area contributed by atoms with Crippen molar-refractivity contribution in [1.82, 2.24) is 0 Å². The van der Waals surface area contributed by atoms with E-state index in [1.807, 2.05) is 37.3 Å². The molecule has 0 aliphatic carbocycles. The van der Waals surface area contributed by atoms with Gasteiger partial charge in [0.25, 0.3) is 0 Å². The number of aliphatic hydroxyl groups excluding tert-OH is 1. The van der Waals surface area contributed by atoms with Crippen LogP contribution in [-0.4, -0.2) is 31.3 Å². The Kier molecular flexibility index (Phi) is 6.36. The number of hydrogen-bond donors (Lipinski definition) is 1. The molecule has 3 atom stereocenters. The van der Waals surface area contributed by atoms with Crippen molar-refractivity contribution in [2.45, 2.75) is 70.9 Å². The first kappa shape index (κ1) is 20.1. The fourth-order valence-corrected chi connectivity index (χ4v) is 7.74. The molecule has 0 bridgehead atoms. The number of rotatable bonds is 7. The maximum absolute atomic E-state index is 12.5. The fraction of sp³-hybridized carbons (Fsp3) is 0.632. The second-order valence-corrected chi connectivity index (χ2v) is 13.5. The topological polar surface area (TPSA) is 46.5 Å². The van der Waals surface area contributed by atoms with Crippen LogP contribution in [-0.2, 0) is 16.1 Å². The SMILES string of the molecule is CC(=O)[C@@](C)([C@@H](C)O)[Si@](C)(COCc1ccccc1)C(C)(C)C. The minimum Gasteiger partial charge on any atom is -0.393 e. The van der Waals surface area contributed by atoms with E-state index >= 15 is 0 Å². The van der Waals surface area contributed by atoms with Crippen molar-refractivity contribution >= 4 is 13.9 Å². The summed E-state index contributed by atoms with van der Waals surface area (Å²) in [6.07, 6.45) is -0.136. The molecule has 3 nitrogen and oxygen atoms in total. The van der Waals surface area contributed by atoms with Gasteiger partial charge in [0.2, 0.25) is 0 Å². The van der Waals surface area contributed by atoms with Gasteiger partial charge in [-0.05, 0) is 24.4 Å². The van der Waals surface area contributed by atoms with Crippen molar-refractivity contribution < 1.29 is 14.6 Å². The average molecular weight is 337 g/mol. The molecule has 0 saturated carbocycles. The summed E-state index contributed by atoms with van der Waals surface area (Å²) in [6, 6.07) is 10.0. The zero-order valence-electron chi connectivity index (χ0n) is 15.6. The highest BCUT2D eigenvalue weighted by Gasteiger charge is 2.58. The van der Waals surface area contributed by atoms with Gasteiger partial charge in [-0.1, -0.05) is 64.6 Å². The predicted molar refractivity (Wildman–Crippen MR) is 98.2 cm³/mol. The van der Waals surface area contributed by atoms with Gasteiger partial charge in [0.1, 0.15) is 13.9 Å². The van der Waals surface area contributed by atoms with Crippen LogP contribution in [0.3, 0.4) is 0 Å². The zero-order valence-corrected chi connectivity index (χ0v) is 16.6. The normalized spacial score (nSPS) is 18.8. The van der Waals surface area contributed by atoms with Crippen molar-refractivity contribution in [2.24, 2.45) is 0 Å². The van der Waals surface area contributed by atoms with Crippen LogP contribution in [0.25, 0.3) is 0 Å². The Hall–Kier alpha value is -0.973. The number of ketones is 1. The number of hydrogen-bond acceptors (Lipinski definition) is 3. The number of benzene rings is 1. The number of carbonyl (C=O) groups excluding carboxylic acids is 1. The molecule has 0 heterocycles. The highest BCUT2D eigenvalue weighted by Crippen LogP contribution is 2.54. The van der Waals surface area contributed by atoms with Crippen LogP contribution in [0.2, 0.25) is 16.6 Å². The highest BCUT2D eigenvalue weighted by atomic mass is 28.3. The molecule has 0 aromatic heterocycles. The van der Waals surface area contributed by atoms with Crippen molar-refractivity contribution in [3.8, 4) is 0 Å². The predicted octanol–water partition coefficient (Wildman–Crippen LogP) is 4.35. The quantitative estimate of drug-likeness (QED) is 0.753. The van der Waals surface area contributed by atoms with Crippen LogP contribution < -0.4 is 0 Å². The molecule has 0 radical (unpaired) electrons. The molecule has 4 heteroatoms. The molecule has 130 valence electrons. The molecule has 0 aliphatic heterocycles. The molecule has 1 rings (SSSR count). The van der Waals surface area contributed by atoms with E-state index in [4.69, 9.17) is 4.74 Å². The van der Waals surface area contributed by atoms with Crippen molar-refractivity contribution in [2.75, 3.05) is 6.23 Å². The van der Waals surface area contributed by atoms with Gasteiger partial charge in [0.15, 0.2) is 0 Å². The Labute approximate surface area is 142 Å². The second kappa shape index (κ2) is 7.28. The summed E-state index contributed by atoms with van der Waals surface area (Å²) in [7, 11) is -2.31. The van der Waals surface area contributed by atoms with Crippen LogP contribution in [0.15, 0.2) is 30.3 Å². The Morgan fingerprint density at radius 1 is 1.22 bits per heavy atom. The number of carbonyl (C=O) groups is 1. The number of ether oxygens (including phenoxy) is 1. The van der Waals surface area contributed by atoms with E-state index in [9.17, 15) is 9.90 Å². The Morgan fingerprint density at radius 2 is 1.74 bits per heavy atom. The van der Waals surface area contributed by atoms with E-state index in [2.05, 4.69) is 27.3 Å². The molecule has 0 aliphatic rings. The van der Waals surface area contributed by atoms with E-state index in [0.29, 0.717) is 12.8 Å². The lowest BCUT2D eigenvalue weighted by Gasteiger charge is -2.52. The zero-order chi connectivity index (χ0) is 17.9. The molecule has 23 heavy (non-hydrogen) atoms. The summed E-state index contributed by atoms with van der Waals surface area (Å²) in [5.41, 5.74) is 1.12. The summed E-state index contributed by atoms with van der Waals surface area (Å²) in [5.74, 6) is 0.0555. The Morgan fingerprint density at radius 3 is 2.13 bits per heavy atom. The summed E-state index contributed by atoms with van der Waals surface area (Å²) >= 11 is 0. The summed E-state index contributed by atoms with van der Waals surface area (Å²) in [6.45, 7) is 14.5. The minimum atomic E-state index is -2.31. The second-order valence-electron chi connectivity index (χ2n) is 8.00. The summed E-state index contributed by atoms with van der Waals surface area (Å²) in [4.78, 5) is 12.5. The molecule has 0 saturated heterocycles. The van der Waals surface area contributed by atoms with Crippen molar-refractivity contribution in [1.29, 1.82) is 0 Å². The lowest BCUT2D eigenvalue weighted by Crippen LogP contribution is -2.61. The first-order chi connectivity index (χ1) is 10.5. The van der Waals surface area contributed by atoms with Crippen LogP contribution >= 0.6 is 0 Å². The van der Waals surface area contributed by atoms with Gasteiger partial charge in [-0.3, -0.25) is 4.79 Å². The van der Waals surface area contributed by atoms with Crippen LogP contribution in [0.4, 0.5) is 0 Å². The summed E-state index contributed by atoms with van der Waals surface area (Å²) in [5, 5.41) is 9.61. The van der Waals surface area contributed by atoms with E-state index in [0.717, 1.165) is 5.56 Å². The molecule has 1 aromatic rings. The smallest absolute Gasteiger partial charge is 0.135 e. The highest BCUT2D eigenvalue weighted by molar-refractivity contribution is 6.87. The molecule has 1 aromatic carbocycles. The van der Waals surface area contributed by atoms with Gasteiger partial charge in [-0.25, -0.2) is 0 Å². The first-order valence-corrected chi connectivity index (χ1v) is 11.0. The maximum atomic E-state index is 12.5. The third-order valence-electron chi connectivity index (χ3n) is 5.87. The third-order valence-corrected chi connectivity index (χ3v) is 13.0. The fourth-order valence-electron chi connectivity index (χ4n) is 3.24. The van der Waals surface area contributed by atoms with E-state index in [-0.39, 0.29) is 10.8 Å². The van der Waals surface area contributed by atoms with E-state index < -0.39 is 19.2 Å². The average Bonchev–Trinajstić information content (AvgIpc) is 2.45. The van der Waals surface area contributed by atoms with Gasteiger partial charge in [-0.2, -0.15) is 0 Å². The Bertz CT molecular complexity index is 521. The van der Waals surface area contributed by atoms with Crippen LogP contribution in [0.5, 0.6) is 0 Å². The van der Waals surface area contributed by atoms with Gasteiger partial charge in [0, 0.05) is 11.3 Å². The molecule has 1 N–H and O–H groups in total. The molecule has 0 amide bonds. The van der Waals surface area contributed by atoms with Crippen molar-refractivity contribution in [3.05, 3.63) is 35.9 Å².